The van der Waals surface area contributed by atoms with Crippen molar-refractivity contribution < 1.29 is 0 Å². The van der Waals surface area contributed by atoms with Crippen molar-refractivity contribution in [2.45, 2.75) is 10.1 Å². The average Bonchev–Trinajstić information content (AvgIpc) is 2.86. The van der Waals surface area contributed by atoms with Crippen molar-refractivity contribution in [2.75, 3.05) is 5.73 Å². The number of hydrogen-bond acceptors (Lipinski definition) is 4. The summed E-state index contributed by atoms with van der Waals surface area (Å²) < 4.78 is 0. The van der Waals surface area contributed by atoms with E-state index in [9.17, 15) is 0 Å². The number of nitrogen functional groups attached to an aromatic ring is 1. The molecule has 0 saturated heterocycles. The topological polar surface area (TPSA) is 67.6 Å². The Hall–Kier alpha value is -2.01. The van der Waals surface area contributed by atoms with Gasteiger partial charge in [0.05, 0.1) is 0 Å². The van der Waals surface area contributed by atoms with E-state index in [1.807, 2.05) is 24.4 Å². The van der Waals surface area contributed by atoms with Crippen LogP contribution < -0.4 is 5.73 Å². The zero-order chi connectivity index (χ0) is 11.7. The van der Waals surface area contributed by atoms with Gasteiger partial charge in [0.25, 0.3) is 0 Å². The summed E-state index contributed by atoms with van der Waals surface area (Å²) in [6.07, 6.45) is 7.11. The SMILES string of the molecule is Nc1ccc(Sc2ncc[nH]2)c2ccncc12. The summed E-state index contributed by atoms with van der Waals surface area (Å²) in [4.78, 5) is 12.5. The molecule has 0 saturated carbocycles. The maximum Gasteiger partial charge on any atom is 0.170 e. The van der Waals surface area contributed by atoms with Crippen LogP contribution in [0, 0.1) is 0 Å². The van der Waals surface area contributed by atoms with Gasteiger partial charge in [-0.2, -0.15) is 0 Å². The maximum absolute atomic E-state index is 5.93. The number of anilines is 1. The first-order valence-corrected chi connectivity index (χ1v) is 5.95. The molecule has 0 atom stereocenters. The van der Waals surface area contributed by atoms with Crippen molar-refractivity contribution in [2.24, 2.45) is 0 Å². The van der Waals surface area contributed by atoms with Crippen molar-refractivity contribution in [3.63, 3.8) is 0 Å². The molecule has 17 heavy (non-hydrogen) atoms. The number of imidazole rings is 1. The number of fused-ring (bicyclic) bond motifs is 1. The quantitative estimate of drug-likeness (QED) is 0.678. The number of aromatic nitrogens is 3. The molecule has 4 nitrogen and oxygen atoms in total. The van der Waals surface area contributed by atoms with E-state index in [1.165, 1.54) is 0 Å². The van der Waals surface area contributed by atoms with Crippen LogP contribution in [0.5, 0.6) is 0 Å². The first-order valence-electron chi connectivity index (χ1n) is 5.14. The predicted octanol–water partition coefficient (Wildman–Crippen LogP) is 2.69. The summed E-state index contributed by atoms with van der Waals surface area (Å²) in [5, 5.41) is 2.94. The molecule has 2 aromatic heterocycles. The highest BCUT2D eigenvalue weighted by molar-refractivity contribution is 7.99. The van der Waals surface area contributed by atoms with E-state index in [0.717, 1.165) is 26.5 Å². The summed E-state index contributed by atoms with van der Waals surface area (Å²) >= 11 is 1.58. The fraction of sp³-hybridized carbons (Fsp3) is 0. The normalized spacial score (nSPS) is 10.8. The molecule has 0 radical (unpaired) electrons. The summed E-state index contributed by atoms with van der Waals surface area (Å²) in [6.45, 7) is 0. The molecule has 0 spiro atoms. The Balaban J connectivity index is 2.14. The largest absolute Gasteiger partial charge is 0.398 e. The predicted molar refractivity (Wildman–Crippen MR) is 68.9 cm³/mol. The number of benzene rings is 1. The molecule has 0 bridgehead atoms. The molecule has 0 aliphatic heterocycles. The van der Waals surface area contributed by atoms with Gasteiger partial charge < -0.3 is 10.7 Å². The number of pyridine rings is 1. The zero-order valence-electron chi connectivity index (χ0n) is 8.92. The third kappa shape index (κ3) is 1.85. The second-order valence-corrected chi connectivity index (χ2v) is 4.60. The van der Waals surface area contributed by atoms with Crippen LogP contribution in [-0.4, -0.2) is 15.0 Å². The lowest BCUT2D eigenvalue weighted by Gasteiger charge is -2.06. The monoisotopic (exact) mass is 242 g/mol. The first-order chi connectivity index (χ1) is 8.34. The minimum Gasteiger partial charge on any atom is -0.398 e. The third-order valence-corrected chi connectivity index (χ3v) is 3.48. The molecule has 0 unspecified atom stereocenters. The van der Waals surface area contributed by atoms with Crippen molar-refractivity contribution in [3.05, 3.63) is 43.0 Å². The van der Waals surface area contributed by atoms with Crippen molar-refractivity contribution in [3.8, 4) is 0 Å². The van der Waals surface area contributed by atoms with Crippen LogP contribution in [0.25, 0.3) is 10.8 Å². The number of hydrogen-bond donors (Lipinski definition) is 2. The number of nitrogens with zero attached hydrogens (tertiary/aromatic N) is 2. The summed E-state index contributed by atoms with van der Waals surface area (Å²) in [6, 6.07) is 5.87. The highest BCUT2D eigenvalue weighted by atomic mass is 32.2. The van der Waals surface area contributed by atoms with Crippen LogP contribution in [-0.2, 0) is 0 Å². The van der Waals surface area contributed by atoms with Crippen molar-refractivity contribution >= 4 is 28.2 Å². The van der Waals surface area contributed by atoms with Gasteiger partial charge in [-0.3, -0.25) is 4.98 Å². The zero-order valence-corrected chi connectivity index (χ0v) is 9.74. The van der Waals surface area contributed by atoms with Crippen molar-refractivity contribution in [1.29, 1.82) is 0 Å². The molecule has 84 valence electrons. The summed E-state index contributed by atoms with van der Waals surface area (Å²) in [5.74, 6) is 0. The Morgan fingerprint density at radius 3 is 2.88 bits per heavy atom. The van der Waals surface area contributed by atoms with Gasteiger partial charge in [0.15, 0.2) is 5.16 Å². The number of rotatable bonds is 2. The van der Waals surface area contributed by atoms with Crippen LogP contribution >= 0.6 is 11.8 Å². The molecule has 0 amide bonds. The van der Waals surface area contributed by atoms with E-state index in [2.05, 4.69) is 15.0 Å². The Kier molecular flexibility index (Phi) is 2.45. The van der Waals surface area contributed by atoms with Crippen molar-refractivity contribution in [1.82, 2.24) is 15.0 Å². The lowest BCUT2D eigenvalue weighted by Crippen LogP contribution is -1.89. The molecular formula is C12H10N4S. The summed E-state index contributed by atoms with van der Waals surface area (Å²) in [5.41, 5.74) is 6.67. The fourth-order valence-electron chi connectivity index (χ4n) is 1.68. The molecule has 3 rings (SSSR count). The van der Waals surface area contributed by atoms with Gasteiger partial charge in [-0.15, -0.1) is 0 Å². The molecule has 0 aliphatic carbocycles. The molecule has 5 heteroatoms. The smallest absolute Gasteiger partial charge is 0.170 e. The number of nitrogens with one attached hydrogen (secondary N) is 1. The standard InChI is InChI=1S/C12H10N4S/c13-10-1-2-11(17-12-15-5-6-16-12)8-3-4-14-7-9(8)10/h1-7H,13H2,(H,15,16). The first kappa shape index (κ1) is 10.2. The van der Waals surface area contributed by atoms with Gasteiger partial charge >= 0.3 is 0 Å². The second-order valence-electron chi connectivity index (χ2n) is 3.57. The van der Waals surface area contributed by atoms with E-state index in [-0.39, 0.29) is 0 Å². The average molecular weight is 242 g/mol. The van der Waals surface area contributed by atoms with E-state index in [0.29, 0.717) is 0 Å². The highest BCUT2D eigenvalue weighted by Gasteiger charge is 2.06. The summed E-state index contributed by atoms with van der Waals surface area (Å²) in [7, 11) is 0. The van der Waals surface area contributed by atoms with E-state index < -0.39 is 0 Å². The maximum atomic E-state index is 5.93. The third-order valence-electron chi connectivity index (χ3n) is 2.49. The van der Waals surface area contributed by atoms with Crippen LogP contribution in [0.1, 0.15) is 0 Å². The minimum absolute atomic E-state index is 0.747. The van der Waals surface area contributed by atoms with Crippen LogP contribution in [0.4, 0.5) is 5.69 Å². The lowest BCUT2D eigenvalue weighted by atomic mass is 10.1. The van der Waals surface area contributed by atoms with Gasteiger partial charge in [-0.25, -0.2) is 4.98 Å². The molecule has 2 heterocycles. The van der Waals surface area contributed by atoms with Crippen LogP contribution in [0.15, 0.2) is 53.0 Å². The highest BCUT2D eigenvalue weighted by Crippen LogP contribution is 2.33. The molecule has 0 aliphatic rings. The van der Waals surface area contributed by atoms with Gasteiger partial charge in [0.1, 0.15) is 0 Å². The molecule has 3 aromatic rings. The molecule has 0 fully saturated rings. The van der Waals surface area contributed by atoms with E-state index in [4.69, 9.17) is 5.73 Å². The van der Waals surface area contributed by atoms with Crippen LogP contribution in [0.2, 0.25) is 0 Å². The molecular weight excluding hydrogens is 232 g/mol. The fourth-order valence-corrected chi connectivity index (χ4v) is 2.56. The van der Waals surface area contributed by atoms with Gasteiger partial charge in [0.2, 0.25) is 0 Å². The minimum atomic E-state index is 0.747. The Labute approximate surface area is 102 Å². The van der Waals surface area contributed by atoms with E-state index >= 15 is 0 Å². The lowest BCUT2D eigenvalue weighted by molar-refractivity contribution is 1.06. The van der Waals surface area contributed by atoms with Gasteiger partial charge in [-0.1, -0.05) is 11.8 Å². The van der Waals surface area contributed by atoms with Gasteiger partial charge in [-0.05, 0) is 18.2 Å². The van der Waals surface area contributed by atoms with Gasteiger partial charge in [0, 0.05) is 46.1 Å². The second kappa shape index (κ2) is 4.10. The van der Waals surface area contributed by atoms with Crippen LogP contribution in [0.3, 0.4) is 0 Å². The number of H-pyrrole nitrogens is 1. The Morgan fingerprint density at radius 2 is 2.06 bits per heavy atom. The molecule has 3 N–H and O–H groups in total. The Morgan fingerprint density at radius 1 is 1.12 bits per heavy atom. The number of nitrogens with two attached hydrogens (primary N) is 1. The number of aromatic amines is 1. The molecule has 1 aromatic carbocycles. The van der Waals surface area contributed by atoms with E-state index in [1.54, 1.807) is 30.4 Å². The Bertz CT molecular complexity index is 649.